The van der Waals surface area contributed by atoms with Crippen molar-refractivity contribution in [3.8, 4) is 0 Å². The normalized spacial score (nSPS) is 19.0. The van der Waals surface area contributed by atoms with E-state index in [-0.39, 0.29) is 0 Å². The summed E-state index contributed by atoms with van der Waals surface area (Å²) >= 11 is 5.53. The average Bonchev–Trinajstić information content (AvgIpc) is 2.82. The lowest BCUT2D eigenvalue weighted by Crippen LogP contribution is -2.17. The first-order chi connectivity index (χ1) is 6.22. The van der Waals surface area contributed by atoms with Crippen molar-refractivity contribution in [3.05, 3.63) is 20.3 Å². The van der Waals surface area contributed by atoms with Gasteiger partial charge in [0.15, 0.2) is 0 Å². The van der Waals surface area contributed by atoms with Crippen molar-refractivity contribution in [2.24, 2.45) is 5.92 Å². The fourth-order valence-electron chi connectivity index (χ4n) is 1.72. The van der Waals surface area contributed by atoms with Crippen LogP contribution in [0, 0.1) is 12.8 Å². The molecule has 1 aromatic rings. The van der Waals surface area contributed by atoms with Crippen LogP contribution in [0.25, 0.3) is 0 Å². The standard InChI is InChI=1S/C10H14BrNS/c1-6-5-8(11)10(13-6)9(12-2)7-3-4-7/h5,7,9,12H,3-4H2,1-2H3. The maximum atomic E-state index is 3.63. The summed E-state index contributed by atoms with van der Waals surface area (Å²) in [6.07, 6.45) is 2.77. The second-order valence-corrected chi connectivity index (χ2v) is 5.82. The van der Waals surface area contributed by atoms with Crippen LogP contribution in [0.5, 0.6) is 0 Å². The van der Waals surface area contributed by atoms with Gasteiger partial charge in [0.2, 0.25) is 0 Å². The third kappa shape index (κ3) is 1.97. The topological polar surface area (TPSA) is 12.0 Å². The van der Waals surface area contributed by atoms with Crippen LogP contribution in [-0.4, -0.2) is 7.05 Å². The molecule has 1 aromatic heterocycles. The van der Waals surface area contributed by atoms with E-state index in [9.17, 15) is 0 Å². The smallest absolute Gasteiger partial charge is 0.0452 e. The van der Waals surface area contributed by atoms with Crippen LogP contribution in [0.1, 0.15) is 28.6 Å². The number of halogens is 1. The van der Waals surface area contributed by atoms with E-state index in [4.69, 9.17) is 0 Å². The number of rotatable bonds is 3. The van der Waals surface area contributed by atoms with Gasteiger partial charge in [0.25, 0.3) is 0 Å². The van der Waals surface area contributed by atoms with Gasteiger partial charge in [-0.05, 0) is 54.7 Å². The van der Waals surface area contributed by atoms with Crippen molar-refractivity contribution in [2.75, 3.05) is 7.05 Å². The molecule has 1 unspecified atom stereocenters. The zero-order chi connectivity index (χ0) is 9.42. The molecule has 0 aliphatic heterocycles. The van der Waals surface area contributed by atoms with Gasteiger partial charge in [-0.2, -0.15) is 0 Å². The monoisotopic (exact) mass is 259 g/mol. The Morgan fingerprint density at radius 1 is 1.62 bits per heavy atom. The third-order valence-corrected chi connectivity index (χ3v) is 4.58. The minimum absolute atomic E-state index is 0.577. The summed E-state index contributed by atoms with van der Waals surface area (Å²) in [6.45, 7) is 2.17. The van der Waals surface area contributed by atoms with Crippen LogP contribution < -0.4 is 5.32 Å². The first-order valence-corrected chi connectivity index (χ1v) is 6.26. The van der Waals surface area contributed by atoms with Crippen LogP contribution in [0.2, 0.25) is 0 Å². The summed E-state index contributed by atoms with van der Waals surface area (Å²) in [5, 5.41) is 3.41. The van der Waals surface area contributed by atoms with E-state index < -0.39 is 0 Å². The highest BCUT2D eigenvalue weighted by atomic mass is 79.9. The molecule has 1 nitrogen and oxygen atoms in total. The molecule has 0 amide bonds. The molecule has 1 saturated carbocycles. The largest absolute Gasteiger partial charge is 0.312 e. The predicted octanol–water partition coefficient (Wildman–Crippen LogP) is 3.49. The molecule has 1 atom stereocenters. The average molecular weight is 260 g/mol. The first-order valence-electron chi connectivity index (χ1n) is 4.65. The van der Waals surface area contributed by atoms with Crippen LogP contribution in [0.15, 0.2) is 10.5 Å². The molecule has 1 N–H and O–H groups in total. The molecule has 1 aliphatic carbocycles. The van der Waals surface area contributed by atoms with Crippen molar-refractivity contribution in [1.82, 2.24) is 5.32 Å². The van der Waals surface area contributed by atoms with Crippen LogP contribution in [-0.2, 0) is 0 Å². The van der Waals surface area contributed by atoms with Crippen molar-refractivity contribution in [3.63, 3.8) is 0 Å². The highest BCUT2D eigenvalue weighted by molar-refractivity contribution is 9.10. The second-order valence-electron chi connectivity index (χ2n) is 3.67. The fraction of sp³-hybridized carbons (Fsp3) is 0.600. The van der Waals surface area contributed by atoms with Gasteiger partial charge >= 0.3 is 0 Å². The van der Waals surface area contributed by atoms with Crippen molar-refractivity contribution < 1.29 is 0 Å². The van der Waals surface area contributed by atoms with E-state index in [2.05, 4.69) is 41.3 Å². The van der Waals surface area contributed by atoms with Gasteiger partial charge in [0.1, 0.15) is 0 Å². The molecule has 0 bridgehead atoms. The minimum atomic E-state index is 0.577. The quantitative estimate of drug-likeness (QED) is 0.877. The molecule has 13 heavy (non-hydrogen) atoms. The Labute approximate surface area is 91.7 Å². The molecule has 0 radical (unpaired) electrons. The van der Waals surface area contributed by atoms with Crippen molar-refractivity contribution in [2.45, 2.75) is 25.8 Å². The Kier molecular flexibility index (Phi) is 2.77. The Hall–Kier alpha value is 0.140. The predicted molar refractivity (Wildman–Crippen MR) is 61.3 cm³/mol. The zero-order valence-electron chi connectivity index (χ0n) is 7.93. The summed E-state index contributed by atoms with van der Waals surface area (Å²) in [5.41, 5.74) is 0. The summed E-state index contributed by atoms with van der Waals surface area (Å²) in [4.78, 5) is 2.87. The number of hydrogen-bond acceptors (Lipinski definition) is 2. The molecule has 1 heterocycles. The molecular weight excluding hydrogens is 246 g/mol. The van der Waals surface area contributed by atoms with Gasteiger partial charge in [0, 0.05) is 20.3 Å². The lowest BCUT2D eigenvalue weighted by molar-refractivity contribution is 0.536. The molecule has 1 aliphatic rings. The van der Waals surface area contributed by atoms with Crippen molar-refractivity contribution in [1.29, 1.82) is 0 Å². The van der Waals surface area contributed by atoms with Crippen LogP contribution in [0.3, 0.4) is 0 Å². The lowest BCUT2D eigenvalue weighted by atomic mass is 10.1. The molecular formula is C10H14BrNS. The molecule has 0 aromatic carbocycles. The van der Waals surface area contributed by atoms with Gasteiger partial charge in [-0.15, -0.1) is 11.3 Å². The third-order valence-electron chi connectivity index (χ3n) is 2.52. The number of hydrogen-bond donors (Lipinski definition) is 1. The Morgan fingerprint density at radius 3 is 2.69 bits per heavy atom. The summed E-state index contributed by atoms with van der Waals surface area (Å²) in [5.74, 6) is 0.874. The Bertz CT molecular complexity index is 304. The van der Waals surface area contributed by atoms with E-state index in [1.54, 1.807) is 0 Å². The number of nitrogens with one attached hydrogen (secondary N) is 1. The molecule has 72 valence electrons. The highest BCUT2D eigenvalue weighted by Crippen LogP contribution is 2.45. The second kappa shape index (κ2) is 3.71. The zero-order valence-corrected chi connectivity index (χ0v) is 10.3. The maximum Gasteiger partial charge on any atom is 0.0452 e. The van der Waals surface area contributed by atoms with Gasteiger partial charge in [-0.25, -0.2) is 0 Å². The minimum Gasteiger partial charge on any atom is -0.312 e. The molecule has 1 fully saturated rings. The number of thiophene rings is 1. The molecule has 0 saturated heterocycles. The van der Waals surface area contributed by atoms with Gasteiger partial charge in [-0.1, -0.05) is 0 Å². The van der Waals surface area contributed by atoms with E-state index >= 15 is 0 Å². The van der Waals surface area contributed by atoms with Crippen LogP contribution >= 0.6 is 27.3 Å². The molecule has 3 heteroatoms. The Morgan fingerprint density at radius 2 is 2.31 bits per heavy atom. The van der Waals surface area contributed by atoms with Gasteiger partial charge < -0.3 is 5.32 Å². The summed E-state index contributed by atoms with van der Waals surface area (Å²) in [6, 6.07) is 2.79. The Balaban J connectivity index is 2.25. The van der Waals surface area contributed by atoms with E-state index in [0.717, 1.165) is 5.92 Å². The molecule has 2 rings (SSSR count). The van der Waals surface area contributed by atoms with E-state index in [0.29, 0.717) is 6.04 Å². The lowest BCUT2D eigenvalue weighted by Gasteiger charge is -2.13. The summed E-state index contributed by atoms with van der Waals surface area (Å²) < 4.78 is 1.28. The SMILES string of the molecule is CNC(c1sc(C)cc1Br)C1CC1. The first kappa shape index (κ1) is 9.69. The van der Waals surface area contributed by atoms with Crippen LogP contribution in [0.4, 0.5) is 0 Å². The highest BCUT2D eigenvalue weighted by Gasteiger charge is 2.33. The molecule has 0 spiro atoms. The maximum absolute atomic E-state index is 3.63. The summed E-state index contributed by atoms with van der Waals surface area (Å²) in [7, 11) is 2.06. The van der Waals surface area contributed by atoms with E-state index in [1.807, 2.05) is 11.3 Å². The van der Waals surface area contributed by atoms with Crippen molar-refractivity contribution >= 4 is 27.3 Å². The van der Waals surface area contributed by atoms with E-state index in [1.165, 1.54) is 27.1 Å². The fourth-order valence-corrected chi connectivity index (χ4v) is 3.83. The number of aryl methyl sites for hydroxylation is 1. The van der Waals surface area contributed by atoms with Gasteiger partial charge in [-0.3, -0.25) is 0 Å². The van der Waals surface area contributed by atoms with Gasteiger partial charge in [0.05, 0.1) is 0 Å².